The van der Waals surface area contributed by atoms with Gasteiger partial charge in [-0.05, 0) is 48.7 Å². The first-order chi connectivity index (χ1) is 14.5. The largest absolute Gasteiger partial charge is 0.465 e. The molecule has 4 nitrogen and oxygen atoms in total. The van der Waals surface area contributed by atoms with Gasteiger partial charge in [-0.1, -0.05) is 66.7 Å². The third kappa shape index (κ3) is 2.54. The van der Waals surface area contributed by atoms with Crippen LogP contribution in [0.1, 0.15) is 32.3 Å². The number of fused-ring (bicyclic) bond motifs is 2. The Kier molecular flexibility index (Phi) is 5.09. The second kappa shape index (κ2) is 7.46. The van der Waals surface area contributed by atoms with E-state index in [1.807, 2.05) is 54.6 Å². The van der Waals surface area contributed by atoms with E-state index in [0.29, 0.717) is 12.8 Å². The molecule has 0 spiro atoms. The van der Waals surface area contributed by atoms with Gasteiger partial charge in [-0.25, -0.2) is 0 Å². The second-order valence-corrected chi connectivity index (χ2v) is 7.94. The summed E-state index contributed by atoms with van der Waals surface area (Å²) in [4.78, 5) is 26.6. The molecule has 2 unspecified atom stereocenters. The lowest BCUT2D eigenvalue weighted by Crippen LogP contribution is -2.54. The summed E-state index contributed by atoms with van der Waals surface area (Å²) in [6, 6.07) is 17.6. The van der Waals surface area contributed by atoms with Crippen LogP contribution < -0.4 is 0 Å². The first kappa shape index (κ1) is 20.5. The van der Waals surface area contributed by atoms with Crippen molar-refractivity contribution < 1.29 is 19.1 Å². The molecule has 0 aliphatic heterocycles. The maximum atomic E-state index is 13.3. The summed E-state index contributed by atoms with van der Waals surface area (Å²) < 4.78 is 10.9. The van der Waals surface area contributed by atoms with E-state index in [4.69, 9.17) is 17.3 Å². The van der Waals surface area contributed by atoms with E-state index in [-0.39, 0.29) is 13.2 Å². The summed E-state index contributed by atoms with van der Waals surface area (Å²) in [5.41, 5.74) is 0.372. The number of benzene rings is 2. The van der Waals surface area contributed by atoms with Crippen LogP contribution in [0.3, 0.4) is 0 Å². The fourth-order valence-electron chi connectivity index (χ4n) is 5.26. The number of rotatable bonds is 6. The van der Waals surface area contributed by atoms with Gasteiger partial charge in [-0.2, -0.15) is 0 Å². The van der Waals surface area contributed by atoms with Gasteiger partial charge in [-0.3, -0.25) is 9.59 Å². The van der Waals surface area contributed by atoms with Gasteiger partial charge in [0.25, 0.3) is 0 Å². The fraction of sp³-hybridized carbons (Fsp3) is 0.360. The molecule has 0 heterocycles. The van der Waals surface area contributed by atoms with E-state index in [2.05, 4.69) is 0 Å². The van der Waals surface area contributed by atoms with E-state index >= 15 is 0 Å². The predicted molar refractivity (Wildman–Crippen MR) is 116 cm³/mol. The maximum Gasteiger partial charge on any atom is 0.316 e. The van der Waals surface area contributed by atoms with E-state index in [0.717, 1.165) is 16.7 Å². The van der Waals surface area contributed by atoms with Crippen LogP contribution in [0.2, 0.25) is 0 Å². The minimum Gasteiger partial charge on any atom is -0.465 e. The third-order valence-electron chi connectivity index (χ3n) is 6.69. The van der Waals surface area contributed by atoms with Gasteiger partial charge in [0.15, 0.2) is 0 Å². The Bertz CT molecular complexity index is 963. The molecule has 2 radical (unpaired) electrons. The van der Waals surface area contributed by atoms with Gasteiger partial charge in [-0.15, -0.1) is 0 Å². The highest BCUT2D eigenvalue weighted by molar-refractivity contribution is 6.24. The summed E-state index contributed by atoms with van der Waals surface area (Å²) in [7, 11) is 7.24. The van der Waals surface area contributed by atoms with Gasteiger partial charge >= 0.3 is 11.9 Å². The van der Waals surface area contributed by atoms with Crippen LogP contribution in [-0.2, 0) is 24.4 Å². The zero-order chi connectivity index (χ0) is 21.4. The van der Waals surface area contributed by atoms with Crippen LogP contribution in [0.15, 0.2) is 66.7 Å². The number of carbonyl (C=O) groups is 2. The standard InChI is InChI=1S/C25H25BO4/c1-3-29-21(27)23-14-16-24(17-15-23,22(28)30-4-2)25(23,26)20-13-9-8-12-19(20)18-10-6-5-7-11-18/h5-14,16H,3-4,15,17H2,1-2H3. The molecule has 2 aliphatic rings. The highest BCUT2D eigenvalue weighted by Crippen LogP contribution is 2.69. The SMILES string of the molecule is [B]C1(c2ccccc2-c2ccccc2)C2(C(=O)OCC)C=CC1(C(=O)OCC)CC2. The fourth-order valence-corrected chi connectivity index (χ4v) is 5.26. The number of hydrogen-bond acceptors (Lipinski definition) is 4. The molecule has 4 rings (SSSR count). The molecule has 0 N–H and O–H groups in total. The van der Waals surface area contributed by atoms with Crippen molar-refractivity contribution in [3.8, 4) is 11.1 Å². The van der Waals surface area contributed by atoms with Crippen molar-refractivity contribution in [1.29, 1.82) is 0 Å². The van der Waals surface area contributed by atoms with Crippen LogP contribution in [0, 0.1) is 10.8 Å². The molecule has 2 atom stereocenters. The molecular formula is C25H25BO4. The molecule has 2 aromatic carbocycles. The van der Waals surface area contributed by atoms with Gasteiger partial charge in [0.05, 0.1) is 31.9 Å². The topological polar surface area (TPSA) is 52.6 Å². The molecule has 2 bridgehead atoms. The molecule has 152 valence electrons. The summed E-state index contributed by atoms with van der Waals surface area (Å²) in [6.45, 7) is 4.04. The summed E-state index contributed by atoms with van der Waals surface area (Å²) in [5.74, 6) is -0.787. The molecule has 0 saturated heterocycles. The normalized spacial score (nSPS) is 29.0. The molecule has 0 aromatic heterocycles. The summed E-state index contributed by atoms with van der Waals surface area (Å²) in [6.07, 6.45) is 4.43. The molecule has 2 aromatic rings. The maximum absolute atomic E-state index is 13.3. The smallest absolute Gasteiger partial charge is 0.316 e. The number of carbonyl (C=O) groups excluding carboxylic acids is 2. The highest BCUT2D eigenvalue weighted by atomic mass is 16.5. The molecule has 30 heavy (non-hydrogen) atoms. The van der Waals surface area contributed by atoms with Gasteiger partial charge in [0.1, 0.15) is 0 Å². The van der Waals surface area contributed by atoms with Crippen LogP contribution >= 0.6 is 0 Å². The number of hydrogen-bond donors (Lipinski definition) is 0. The van der Waals surface area contributed by atoms with Crippen molar-refractivity contribution in [2.75, 3.05) is 13.2 Å². The van der Waals surface area contributed by atoms with Crippen molar-refractivity contribution >= 4 is 19.8 Å². The molecular weight excluding hydrogens is 375 g/mol. The Morgan fingerprint density at radius 1 is 0.833 bits per heavy atom. The van der Waals surface area contributed by atoms with E-state index in [9.17, 15) is 9.59 Å². The van der Waals surface area contributed by atoms with Crippen molar-refractivity contribution in [1.82, 2.24) is 0 Å². The Balaban J connectivity index is 1.98. The highest BCUT2D eigenvalue weighted by Gasteiger charge is 2.74. The molecule has 2 aliphatic carbocycles. The number of esters is 2. The Morgan fingerprint density at radius 2 is 1.33 bits per heavy atom. The monoisotopic (exact) mass is 400 g/mol. The lowest BCUT2D eigenvalue weighted by molar-refractivity contribution is -0.157. The Hall–Kier alpha value is -2.82. The molecule has 5 heteroatoms. The predicted octanol–water partition coefficient (Wildman–Crippen LogP) is 4.18. The minimum atomic E-state index is -1.31. The van der Waals surface area contributed by atoms with E-state index in [1.54, 1.807) is 26.0 Å². The molecule has 1 fully saturated rings. The van der Waals surface area contributed by atoms with E-state index in [1.165, 1.54) is 0 Å². The van der Waals surface area contributed by atoms with Crippen molar-refractivity contribution in [3.05, 3.63) is 72.3 Å². The average Bonchev–Trinajstić information content (AvgIpc) is 3.20. The van der Waals surface area contributed by atoms with Gasteiger partial charge in [0.2, 0.25) is 0 Å². The van der Waals surface area contributed by atoms with Crippen LogP contribution in [0.5, 0.6) is 0 Å². The summed E-state index contributed by atoms with van der Waals surface area (Å²) in [5, 5.41) is -1.31. The Morgan fingerprint density at radius 3 is 1.83 bits per heavy atom. The zero-order valence-corrected chi connectivity index (χ0v) is 17.4. The first-order valence-electron chi connectivity index (χ1n) is 10.5. The first-order valence-corrected chi connectivity index (χ1v) is 10.5. The van der Waals surface area contributed by atoms with Crippen molar-refractivity contribution in [2.24, 2.45) is 10.8 Å². The lowest BCUT2D eigenvalue weighted by atomic mass is 9.45. The average molecular weight is 400 g/mol. The summed E-state index contributed by atoms with van der Waals surface area (Å²) >= 11 is 0. The van der Waals surface area contributed by atoms with Crippen molar-refractivity contribution in [2.45, 2.75) is 32.0 Å². The van der Waals surface area contributed by atoms with Crippen LogP contribution in [-0.4, -0.2) is 33.0 Å². The molecule has 0 amide bonds. The lowest BCUT2D eigenvalue weighted by Gasteiger charge is -2.45. The van der Waals surface area contributed by atoms with Crippen molar-refractivity contribution in [3.63, 3.8) is 0 Å². The Labute approximate surface area is 178 Å². The number of ether oxygens (including phenoxy) is 2. The van der Waals surface area contributed by atoms with Crippen LogP contribution in [0.4, 0.5) is 0 Å². The van der Waals surface area contributed by atoms with Crippen LogP contribution in [0.25, 0.3) is 11.1 Å². The van der Waals surface area contributed by atoms with Gasteiger partial charge < -0.3 is 9.47 Å². The quantitative estimate of drug-likeness (QED) is 0.415. The minimum absolute atomic E-state index is 0.247. The third-order valence-corrected chi connectivity index (χ3v) is 6.69. The zero-order valence-electron chi connectivity index (χ0n) is 17.4. The van der Waals surface area contributed by atoms with Gasteiger partial charge in [0, 0.05) is 0 Å². The molecule has 1 saturated carbocycles. The second-order valence-electron chi connectivity index (χ2n) is 7.94. The van der Waals surface area contributed by atoms with E-state index < -0.39 is 28.1 Å².